The molecule has 0 spiro atoms. The number of ether oxygens (including phenoxy) is 2. The fraction of sp³-hybridized carbons (Fsp3) is 0.438. The van der Waals surface area contributed by atoms with Crippen LogP contribution in [0, 0.1) is 18.6 Å². The van der Waals surface area contributed by atoms with Crippen molar-refractivity contribution in [3.05, 3.63) is 79.8 Å². The second kappa shape index (κ2) is 12.9. The number of hydrogen-bond acceptors (Lipinski definition) is 7. The molecule has 3 aromatic rings. The number of nitrogens with one attached hydrogen (secondary N) is 2. The first-order valence-corrected chi connectivity index (χ1v) is 15.9. The van der Waals surface area contributed by atoms with Gasteiger partial charge in [0.05, 0.1) is 34.7 Å². The van der Waals surface area contributed by atoms with Crippen molar-refractivity contribution in [2.24, 2.45) is 0 Å². The van der Waals surface area contributed by atoms with Gasteiger partial charge in [-0.25, -0.2) is 13.8 Å². The lowest BCUT2D eigenvalue weighted by Crippen LogP contribution is -2.59. The Morgan fingerprint density at radius 2 is 2.05 bits per heavy atom. The van der Waals surface area contributed by atoms with Gasteiger partial charge in [-0.15, -0.1) is 11.3 Å². The zero-order valence-corrected chi connectivity index (χ0v) is 25.8. The van der Waals surface area contributed by atoms with Crippen molar-refractivity contribution in [1.82, 2.24) is 20.5 Å². The molecule has 7 nitrogen and oxygen atoms in total. The Labute approximate surface area is 259 Å². The number of benzene rings is 2. The molecule has 0 radical (unpaired) electrons. The number of amides is 1. The maximum absolute atomic E-state index is 14.4. The molecule has 2 aromatic carbocycles. The van der Waals surface area contributed by atoms with Crippen LogP contribution in [-0.2, 0) is 17.8 Å². The molecule has 2 fully saturated rings. The predicted molar refractivity (Wildman–Crippen MR) is 164 cm³/mol. The maximum Gasteiger partial charge on any atom is 0.252 e. The van der Waals surface area contributed by atoms with Crippen LogP contribution in [0.25, 0.3) is 5.57 Å². The number of methoxy groups -OCH3 is 1. The minimum absolute atomic E-state index is 0.0771. The van der Waals surface area contributed by atoms with Gasteiger partial charge in [0, 0.05) is 49.9 Å². The zero-order chi connectivity index (χ0) is 30.1. The van der Waals surface area contributed by atoms with E-state index in [0.29, 0.717) is 25.9 Å². The summed E-state index contributed by atoms with van der Waals surface area (Å²) in [6.07, 6.45) is 5.72. The standard InChI is InChI=1S/C32H35ClF2N4O3S/c1-18-19(5-3-6-26(18)41-2)17-39(21-8-9-21)32(40)29-22(13-20-14-36-15-25(29)38-20)27-16-37-28(43-27)7-4-12-42-31-24(34)11-10-23(33)30(31)35/h3,5-6,10-11,16,20-21,25,36,38H,4,7-9,12-15,17H2,1-2H3/t20?,25-/m1/s1. The Kier molecular flexibility index (Phi) is 9.00. The Morgan fingerprint density at radius 1 is 1.21 bits per heavy atom. The molecule has 2 aliphatic heterocycles. The first kappa shape index (κ1) is 30.0. The third kappa shape index (κ3) is 6.43. The molecule has 1 unspecified atom stereocenters. The quantitative estimate of drug-likeness (QED) is 0.210. The number of aromatic nitrogens is 1. The van der Waals surface area contributed by atoms with Gasteiger partial charge in [0.1, 0.15) is 5.75 Å². The minimum Gasteiger partial charge on any atom is -0.496 e. The fourth-order valence-electron chi connectivity index (χ4n) is 5.95. The lowest BCUT2D eigenvalue weighted by molar-refractivity contribution is -0.128. The summed E-state index contributed by atoms with van der Waals surface area (Å²) < 4.78 is 39.1. The zero-order valence-electron chi connectivity index (χ0n) is 24.2. The number of hydrogen-bond donors (Lipinski definition) is 2. The van der Waals surface area contributed by atoms with Crippen molar-refractivity contribution in [3.8, 4) is 11.5 Å². The van der Waals surface area contributed by atoms with Gasteiger partial charge in [-0.2, -0.15) is 0 Å². The van der Waals surface area contributed by atoms with Crippen LogP contribution in [0.1, 0.15) is 46.7 Å². The highest BCUT2D eigenvalue weighted by molar-refractivity contribution is 7.12. The lowest BCUT2D eigenvalue weighted by atomic mass is 9.86. The molecule has 1 saturated carbocycles. The van der Waals surface area contributed by atoms with E-state index in [2.05, 4.69) is 21.7 Å². The third-order valence-corrected chi connectivity index (χ3v) is 9.78. The molecule has 3 heterocycles. The van der Waals surface area contributed by atoms with Crippen LogP contribution in [0.3, 0.4) is 0 Å². The van der Waals surface area contributed by atoms with Gasteiger partial charge in [0.15, 0.2) is 17.4 Å². The molecule has 6 rings (SSSR count). The topological polar surface area (TPSA) is 75.7 Å². The van der Waals surface area contributed by atoms with Gasteiger partial charge < -0.3 is 25.0 Å². The Morgan fingerprint density at radius 3 is 2.84 bits per heavy atom. The summed E-state index contributed by atoms with van der Waals surface area (Å²) in [6.45, 7) is 4.23. The number of nitrogens with zero attached hydrogens (tertiary/aromatic N) is 2. The summed E-state index contributed by atoms with van der Waals surface area (Å²) in [7, 11) is 1.67. The predicted octanol–water partition coefficient (Wildman–Crippen LogP) is 5.68. The van der Waals surface area contributed by atoms with Gasteiger partial charge >= 0.3 is 0 Å². The summed E-state index contributed by atoms with van der Waals surface area (Å²) >= 11 is 7.34. The molecule has 2 bridgehead atoms. The minimum atomic E-state index is -0.893. The van der Waals surface area contributed by atoms with Gasteiger partial charge in [-0.3, -0.25) is 4.79 Å². The van der Waals surface area contributed by atoms with E-state index < -0.39 is 17.4 Å². The van der Waals surface area contributed by atoms with Crippen molar-refractivity contribution in [2.75, 3.05) is 26.8 Å². The van der Waals surface area contributed by atoms with E-state index >= 15 is 0 Å². The van der Waals surface area contributed by atoms with Crippen LogP contribution in [0.2, 0.25) is 5.02 Å². The molecule has 1 aromatic heterocycles. The van der Waals surface area contributed by atoms with E-state index in [-0.39, 0.29) is 35.7 Å². The van der Waals surface area contributed by atoms with E-state index in [4.69, 9.17) is 21.1 Å². The average Bonchev–Trinajstić information content (AvgIpc) is 3.74. The summed E-state index contributed by atoms with van der Waals surface area (Å²) in [6, 6.07) is 8.64. The first-order chi connectivity index (χ1) is 20.8. The second-order valence-electron chi connectivity index (χ2n) is 11.3. The van der Waals surface area contributed by atoms with Crippen LogP contribution in [0.4, 0.5) is 8.78 Å². The highest BCUT2D eigenvalue weighted by Crippen LogP contribution is 2.38. The van der Waals surface area contributed by atoms with Crippen molar-refractivity contribution in [3.63, 3.8) is 0 Å². The molecular formula is C32H35ClF2N4O3S. The lowest BCUT2D eigenvalue weighted by Gasteiger charge is -2.40. The van der Waals surface area contributed by atoms with Crippen LogP contribution < -0.4 is 20.1 Å². The molecule has 2 N–H and O–H groups in total. The average molecular weight is 629 g/mol. The second-order valence-corrected chi connectivity index (χ2v) is 12.8. The number of thiazole rings is 1. The number of fused-ring (bicyclic) bond motifs is 2. The van der Waals surface area contributed by atoms with Gasteiger partial charge in [0.2, 0.25) is 0 Å². The highest BCUT2D eigenvalue weighted by atomic mass is 35.5. The van der Waals surface area contributed by atoms with Crippen molar-refractivity contribution in [2.45, 2.75) is 63.7 Å². The van der Waals surface area contributed by atoms with Crippen molar-refractivity contribution < 1.29 is 23.0 Å². The maximum atomic E-state index is 14.4. The van der Waals surface area contributed by atoms with Gasteiger partial charge in [-0.1, -0.05) is 23.7 Å². The number of aryl methyl sites for hydroxylation is 1. The largest absolute Gasteiger partial charge is 0.496 e. The van der Waals surface area contributed by atoms with Crippen molar-refractivity contribution in [1.29, 1.82) is 0 Å². The highest BCUT2D eigenvalue weighted by Gasteiger charge is 2.41. The summed E-state index contributed by atoms with van der Waals surface area (Å²) in [5.74, 6) is -1.23. The molecule has 1 saturated heterocycles. The molecule has 228 valence electrons. The van der Waals surface area contributed by atoms with E-state index in [9.17, 15) is 13.6 Å². The van der Waals surface area contributed by atoms with E-state index in [1.165, 1.54) is 6.07 Å². The Hall–Kier alpha value is -3.05. The number of carbonyl (C=O) groups is 1. The monoisotopic (exact) mass is 628 g/mol. The number of carbonyl (C=O) groups excluding carboxylic acids is 1. The Balaban J connectivity index is 1.21. The Bertz CT molecular complexity index is 1540. The van der Waals surface area contributed by atoms with Gasteiger partial charge in [-0.05, 0) is 67.5 Å². The molecule has 1 aliphatic carbocycles. The molecule has 2 atom stereocenters. The van der Waals surface area contributed by atoms with Crippen LogP contribution in [0.5, 0.6) is 11.5 Å². The number of rotatable bonds is 11. The summed E-state index contributed by atoms with van der Waals surface area (Å²) in [4.78, 5) is 22.1. The third-order valence-electron chi connectivity index (χ3n) is 8.37. The molecule has 11 heteroatoms. The first-order valence-electron chi connectivity index (χ1n) is 14.7. The number of halogens is 3. The smallest absolute Gasteiger partial charge is 0.252 e. The van der Waals surface area contributed by atoms with E-state index in [1.54, 1.807) is 18.4 Å². The van der Waals surface area contributed by atoms with Crippen LogP contribution in [-0.4, -0.2) is 60.7 Å². The normalized spacial score (nSPS) is 19.8. The van der Waals surface area contributed by atoms with Crippen molar-refractivity contribution >= 4 is 34.4 Å². The van der Waals surface area contributed by atoms with Crippen LogP contribution in [0.15, 0.2) is 42.1 Å². The molecule has 43 heavy (non-hydrogen) atoms. The molecule has 1 amide bonds. The fourth-order valence-corrected chi connectivity index (χ4v) is 7.12. The molecule has 3 aliphatic rings. The number of piperazine rings is 1. The summed E-state index contributed by atoms with van der Waals surface area (Å²) in [5.41, 5.74) is 4.03. The van der Waals surface area contributed by atoms with E-state index in [1.807, 2.05) is 30.2 Å². The summed E-state index contributed by atoms with van der Waals surface area (Å²) in [5, 5.41) is 7.88. The van der Waals surface area contributed by atoms with Crippen LogP contribution >= 0.6 is 22.9 Å². The SMILES string of the molecule is COc1cccc(CN(C(=O)C2=C(c3cnc(CCCOc4c(F)ccc(Cl)c4F)s3)CC3CNC[C@H]2N3)C2CC2)c1C. The van der Waals surface area contributed by atoms with E-state index in [0.717, 1.165) is 69.8 Å². The van der Waals surface area contributed by atoms with Gasteiger partial charge in [0.25, 0.3) is 5.91 Å². The molecular weight excluding hydrogens is 594 g/mol.